The molecule has 0 saturated carbocycles. The summed E-state index contributed by atoms with van der Waals surface area (Å²) in [4.78, 5) is 0. The van der Waals surface area contributed by atoms with E-state index in [9.17, 15) is 0 Å². The molecule has 0 aromatic heterocycles. The second-order valence-corrected chi connectivity index (χ2v) is 4.04. The molecule has 24 valence electrons. The molecule has 0 bridgehead atoms. The van der Waals surface area contributed by atoms with Crippen LogP contribution in [0.15, 0.2) is 0 Å². The standard InChI is InChI=1S/C3H7.Sb/c1-3-2;/h3H,1-2H3;. The zero-order valence-corrected chi connectivity index (χ0v) is 5.58. The Morgan fingerprint density at radius 2 is 1.50 bits per heavy atom. The molecule has 0 amide bonds. The molecular weight excluding hydrogens is 158 g/mol. The van der Waals surface area contributed by atoms with E-state index in [0.717, 1.165) is 3.86 Å². The zero-order valence-electron chi connectivity index (χ0n) is 3.02. The first-order valence-electron chi connectivity index (χ1n) is 1.41. The van der Waals surface area contributed by atoms with Gasteiger partial charge < -0.3 is 0 Å². The average Bonchev–Trinajstić information content (AvgIpc) is 0.811. The predicted molar refractivity (Wildman–Crippen MR) is 20.9 cm³/mol. The van der Waals surface area contributed by atoms with Crippen molar-refractivity contribution >= 4 is 23.0 Å². The summed E-state index contributed by atoms with van der Waals surface area (Å²) in [5, 5.41) is 0. The topological polar surface area (TPSA) is 0 Å². The van der Waals surface area contributed by atoms with Crippen molar-refractivity contribution in [3.8, 4) is 0 Å². The van der Waals surface area contributed by atoms with E-state index in [1.54, 1.807) is 0 Å². The fraction of sp³-hybridized carbons (Fsp3) is 1.00. The van der Waals surface area contributed by atoms with Gasteiger partial charge in [0.1, 0.15) is 0 Å². The van der Waals surface area contributed by atoms with Gasteiger partial charge in [0.2, 0.25) is 0 Å². The Morgan fingerprint density at radius 1 is 1.50 bits per heavy atom. The van der Waals surface area contributed by atoms with Gasteiger partial charge in [-0.05, 0) is 0 Å². The average molecular weight is 165 g/mol. The minimum atomic E-state index is 0.883. The third-order valence-electron chi connectivity index (χ3n) is 0. The normalized spacial score (nSPS) is 9.00. The summed E-state index contributed by atoms with van der Waals surface area (Å²) in [6.45, 7) is 4.38. The Bertz CT molecular complexity index is 8.00. The van der Waals surface area contributed by atoms with E-state index in [1.165, 1.54) is 0 Å². The summed E-state index contributed by atoms with van der Waals surface area (Å²) < 4.78 is 0.883. The van der Waals surface area contributed by atoms with E-state index in [-0.39, 0.29) is 0 Å². The molecule has 0 rings (SSSR count). The molecule has 0 aliphatic carbocycles. The van der Waals surface area contributed by atoms with Crippen LogP contribution in [0.3, 0.4) is 0 Å². The molecule has 1 heteroatoms. The van der Waals surface area contributed by atoms with Crippen LogP contribution >= 0.6 is 0 Å². The summed E-state index contributed by atoms with van der Waals surface area (Å²) in [6.07, 6.45) is 0. The van der Waals surface area contributed by atoms with Crippen molar-refractivity contribution < 1.29 is 0 Å². The molecule has 2 radical (unpaired) electrons. The van der Waals surface area contributed by atoms with Gasteiger partial charge in [0.15, 0.2) is 0 Å². The van der Waals surface area contributed by atoms with Crippen molar-refractivity contribution in [1.82, 2.24) is 0 Å². The van der Waals surface area contributed by atoms with Crippen molar-refractivity contribution in [2.24, 2.45) is 0 Å². The Labute approximate surface area is 41.1 Å². The van der Waals surface area contributed by atoms with Crippen molar-refractivity contribution in [2.45, 2.75) is 17.7 Å². The molecule has 0 spiro atoms. The third kappa shape index (κ3) is 13.9. The second kappa shape index (κ2) is 2.08. The quantitative estimate of drug-likeness (QED) is 0.469. The molecule has 0 fully saturated rings. The van der Waals surface area contributed by atoms with Crippen LogP contribution in [0.1, 0.15) is 13.8 Å². The van der Waals surface area contributed by atoms with E-state index < -0.39 is 0 Å². The number of hydrogen-bond acceptors (Lipinski definition) is 0. The van der Waals surface area contributed by atoms with Crippen LogP contribution in [0, 0.1) is 0 Å². The first kappa shape index (κ1) is 4.82. The molecule has 4 heavy (non-hydrogen) atoms. The zero-order chi connectivity index (χ0) is 3.58. The fourth-order valence-electron chi connectivity index (χ4n) is 0. The molecule has 0 aliphatic heterocycles. The van der Waals surface area contributed by atoms with Crippen LogP contribution in [0.25, 0.3) is 0 Å². The van der Waals surface area contributed by atoms with E-state index in [4.69, 9.17) is 0 Å². The predicted octanol–water partition coefficient (Wildman–Crippen LogP) is 0.983. The fourth-order valence-corrected chi connectivity index (χ4v) is 0. The molecule has 0 heterocycles. The third-order valence-corrected chi connectivity index (χ3v) is 0. The molecule has 0 aromatic rings. The molecular formula is C3H7Sb. The summed E-state index contributed by atoms with van der Waals surface area (Å²) in [6, 6.07) is 0. The second-order valence-electron chi connectivity index (χ2n) is 1.09. The Balaban J connectivity index is 2.32. The molecule has 0 unspecified atom stereocenters. The van der Waals surface area contributed by atoms with Crippen LogP contribution in [0.5, 0.6) is 0 Å². The van der Waals surface area contributed by atoms with Crippen LogP contribution in [-0.2, 0) is 0 Å². The Hall–Kier alpha value is 0.818. The van der Waals surface area contributed by atoms with Crippen molar-refractivity contribution in [3.05, 3.63) is 0 Å². The van der Waals surface area contributed by atoms with Gasteiger partial charge in [-0.3, -0.25) is 0 Å². The van der Waals surface area contributed by atoms with Gasteiger partial charge in [-0.15, -0.1) is 0 Å². The molecule has 0 saturated heterocycles. The summed E-state index contributed by atoms with van der Waals surface area (Å²) in [7, 11) is 0. The number of hydrogen-bond donors (Lipinski definition) is 0. The summed E-state index contributed by atoms with van der Waals surface area (Å²) in [5.41, 5.74) is 0. The molecule has 0 aliphatic rings. The van der Waals surface area contributed by atoms with Crippen molar-refractivity contribution in [2.75, 3.05) is 0 Å². The van der Waals surface area contributed by atoms with Crippen LogP contribution in [0.2, 0.25) is 3.86 Å². The number of rotatable bonds is 0. The Morgan fingerprint density at radius 3 is 1.50 bits per heavy atom. The van der Waals surface area contributed by atoms with Crippen molar-refractivity contribution in [1.29, 1.82) is 0 Å². The van der Waals surface area contributed by atoms with Gasteiger partial charge in [-0.2, -0.15) is 0 Å². The van der Waals surface area contributed by atoms with E-state index in [1.807, 2.05) is 23.0 Å². The molecule has 0 aromatic carbocycles. The molecule has 0 N–H and O–H groups in total. The first-order chi connectivity index (χ1) is 1.73. The Kier molecular flexibility index (Phi) is 2.51. The van der Waals surface area contributed by atoms with Gasteiger partial charge in [0.25, 0.3) is 0 Å². The molecule has 0 atom stereocenters. The van der Waals surface area contributed by atoms with E-state index >= 15 is 0 Å². The van der Waals surface area contributed by atoms with Gasteiger partial charge in [0, 0.05) is 0 Å². The first-order valence-corrected chi connectivity index (χ1v) is 2.89. The summed E-state index contributed by atoms with van der Waals surface area (Å²) in [5.74, 6) is 0. The van der Waals surface area contributed by atoms with Crippen molar-refractivity contribution in [3.63, 3.8) is 0 Å². The maximum absolute atomic E-state index is 2.19. The minimum absolute atomic E-state index is 0.883. The molecule has 0 nitrogen and oxygen atoms in total. The van der Waals surface area contributed by atoms with Gasteiger partial charge in [-0.25, -0.2) is 0 Å². The summed E-state index contributed by atoms with van der Waals surface area (Å²) >= 11 is 1.87. The van der Waals surface area contributed by atoms with Gasteiger partial charge in [-0.1, -0.05) is 0 Å². The van der Waals surface area contributed by atoms with Crippen LogP contribution in [-0.4, -0.2) is 23.0 Å². The maximum atomic E-state index is 2.19. The monoisotopic (exact) mass is 164 g/mol. The van der Waals surface area contributed by atoms with E-state index in [0.29, 0.717) is 0 Å². The van der Waals surface area contributed by atoms with Gasteiger partial charge >= 0.3 is 40.7 Å². The van der Waals surface area contributed by atoms with Gasteiger partial charge in [0.05, 0.1) is 0 Å². The van der Waals surface area contributed by atoms with Crippen LogP contribution < -0.4 is 0 Å². The van der Waals surface area contributed by atoms with Crippen LogP contribution in [0.4, 0.5) is 0 Å². The SMILES string of the molecule is C[CH](C)[Sb]. The van der Waals surface area contributed by atoms with E-state index in [2.05, 4.69) is 13.8 Å².